The van der Waals surface area contributed by atoms with Crippen LogP contribution in [0.4, 0.5) is 0 Å². The minimum absolute atomic E-state index is 0.171. The fourth-order valence-electron chi connectivity index (χ4n) is 2.77. The van der Waals surface area contributed by atoms with E-state index in [-0.39, 0.29) is 11.2 Å². The molecule has 0 bridgehead atoms. The molecule has 1 N–H and O–H groups in total. The zero-order valence-corrected chi connectivity index (χ0v) is 12.6. The number of benzene rings is 1. The number of rotatable bonds is 2. The predicted octanol–water partition coefficient (Wildman–Crippen LogP) is 2.53. The summed E-state index contributed by atoms with van der Waals surface area (Å²) in [6, 6.07) is 7.81. The number of fused-ring (bicyclic) bond motifs is 1. The maximum absolute atomic E-state index is 11.9. The quantitative estimate of drug-likeness (QED) is 0.927. The second-order valence-electron chi connectivity index (χ2n) is 5.41. The van der Waals surface area contributed by atoms with Crippen LogP contribution in [0.2, 0.25) is 5.02 Å². The summed E-state index contributed by atoms with van der Waals surface area (Å²) >= 11 is 6.21. The highest BCUT2D eigenvalue weighted by atomic mass is 35.5. The van der Waals surface area contributed by atoms with Crippen molar-refractivity contribution in [3.05, 3.63) is 62.5 Å². The van der Waals surface area contributed by atoms with Crippen molar-refractivity contribution < 1.29 is 5.11 Å². The first-order chi connectivity index (χ1) is 10.1. The van der Waals surface area contributed by atoms with Gasteiger partial charge in [-0.15, -0.1) is 0 Å². The third-order valence-electron chi connectivity index (χ3n) is 4.01. The van der Waals surface area contributed by atoms with Gasteiger partial charge in [-0.1, -0.05) is 29.8 Å². The SMILES string of the molecule is Cc1c2n(cc(O)c1=O)CCN(Cc1ccccc1Cl)C2. The summed E-state index contributed by atoms with van der Waals surface area (Å²) in [6.07, 6.45) is 1.54. The van der Waals surface area contributed by atoms with Gasteiger partial charge in [-0.05, 0) is 18.6 Å². The van der Waals surface area contributed by atoms with Crippen LogP contribution in [0.15, 0.2) is 35.3 Å². The van der Waals surface area contributed by atoms with E-state index in [2.05, 4.69) is 4.90 Å². The third-order valence-corrected chi connectivity index (χ3v) is 4.38. The Morgan fingerprint density at radius 1 is 1.29 bits per heavy atom. The lowest BCUT2D eigenvalue weighted by molar-refractivity contribution is 0.209. The Morgan fingerprint density at radius 2 is 2.05 bits per heavy atom. The van der Waals surface area contributed by atoms with Crippen LogP contribution in [0, 0.1) is 6.92 Å². The van der Waals surface area contributed by atoms with E-state index in [0.29, 0.717) is 12.1 Å². The van der Waals surface area contributed by atoms with Gasteiger partial charge in [0.2, 0.25) is 5.43 Å². The third kappa shape index (κ3) is 2.69. The lowest BCUT2D eigenvalue weighted by Gasteiger charge is -2.31. The van der Waals surface area contributed by atoms with Crippen LogP contribution >= 0.6 is 11.6 Å². The van der Waals surface area contributed by atoms with Gasteiger partial charge in [0, 0.05) is 42.5 Å². The molecule has 0 unspecified atom stereocenters. The molecule has 0 aliphatic carbocycles. The van der Waals surface area contributed by atoms with Crippen molar-refractivity contribution in [2.75, 3.05) is 6.54 Å². The van der Waals surface area contributed by atoms with Crippen molar-refractivity contribution in [3.8, 4) is 5.75 Å². The lowest BCUT2D eigenvalue weighted by atomic mass is 10.1. The molecule has 1 aromatic carbocycles. The minimum Gasteiger partial charge on any atom is -0.503 e. The van der Waals surface area contributed by atoms with Crippen LogP contribution in [-0.4, -0.2) is 21.1 Å². The highest BCUT2D eigenvalue weighted by Gasteiger charge is 2.20. The standard InChI is InChI=1S/C16H17ClN2O2/c1-11-14-9-18(8-12-4-2-3-5-13(12)17)6-7-19(14)10-15(20)16(11)21/h2-5,10,20H,6-9H2,1H3. The highest BCUT2D eigenvalue weighted by Crippen LogP contribution is 2.22. The first kappa shape index (κ1) is 14.2. The molecular formula is C16H17ClN2O2. The molecule has 2 aromatic rings. The summed E-state index contributed by atoms with van der Waals surface area (Å²) in [4.78, 5) is 14.1. The molecule has 0 spiro atoms. The lowest BCUT2D eigenvalue weighted by Crippen LogP contribution is -2.35. The molecule has 0 fully saturated rings. The molecule has 1 aliphatic heterocycles. The van der Waals surface area contributed by atoms with Gasteiger partial charge < -0.3 is 9.67 Å². The van der Waals surface area contributed by atoms with E-state index in [1.165, 1.54) is 6.20 Å². The van der Waals surface area contributed by atoms with E-state index in [4.69, 9.17) is 11.6 Å². The molecule has 110 valence electrons. The molecule has 5 heteroatoms. The van der Waals surface area contributed by atoms with Crippen molar-refractivity contribution in [2.24, 2.45) is 0 Å². The summed E-state index contributed by atoms with van der Waals surface area (Å²) in [5, 5.41) is 10.4. The molecule has 0 saturated heterocycles. The van der Waals surface area contributed by atoms with Gasteiger partial charge in [-0.2, -0.15) is 0 Å². The monoisotopic (exact) mass is 304 g/mol. The van der Waals surface area contributed by atoms with Gasteiger partial charge >= 0.3 is 0 Å². The first-order valence-corrected chi connectivity index (χ1v) is 7.31. The normalized spacial score (nSPS) is 15.0. The fourth-order valence-corrected chi connectivity index (χ4v) is 2.97. The summed E-state index contributed by atoms with van der Waals surface area (Å²) in [5.74, 6) is -0.171. The summed E-state index contributed by atoms with van der Waals surface area (Å²) in [6.45, 7) is 4.84. The van der Waals surface area contributed by atoms with E-state index in [1.807, 2.05) is 28.8 Å². The Hall–Kier alpha value is -1.78. The van der Waals surface area contributed by atoms with Gasteiger partial charge in [0.25, 0.3) is 0 Å². The Kier molecular flexibility index (Phi) is 3.74. The minimum atomic E-state index is -0.277. The van der Waals surface area contributed by atoms with Crippen molar-refractivity contribution in [2.45, 2.75) is 26.6 Å². The zero-order valence-electron chi connectivity index (χ0n) is 11.8. The van der Waals surface area contributed by atoms with Gasteiger partial charge in [-0.25, -0.2) is 0 Å². The van der Waals surface area contributed by atoms with Gasteiger partial charge in [0.1, 0.15) is 0 Å². The highest BCUT2D eigenvalue weighted by molar-refractivity contribution is 6.31. The molecule has 0 atom stereocenters. The maximum atomic E-state index is 11.9. The van der Waals surface area contributed by atoms with E-state index in [1.54, 1.807) is 6.92 Å². The van der Waals surface area contributed by atoms with Crippen LogP contribution in [0.3, 0.4) is 0 Å². The van der Waals surface area contributed by atoms with Crippen LogP contribution in [0.1, 0.15) is 16.8 Å². The Labute approximate surface area is 128 Å². The number of aromatic nitrogens is 1. The number of pyridine rings is 1. The fraction of sp³-hybridized carbons (Fsp3) is 0.312. The van der Waals surface area contributed by atoms with E-state index < -0.39 is 0 Å². The Morgan fingerprint density at radius 3 is 2.81 bits per heavy atom. The second kappa shape index (κ2) is 5.54. The number of halogens is 1. The van der Waals surface area contributed by atoms with Crippen LogP contribution in [-0.2, 0) is 19.6 Å². The van der Waals surface area contributed by atoms with Gasteiger partial charge in [0.15, 0.2) is 5.75 Å². The first-order valence-electron chi connectivity index (χ1n) is 6.94. The molecule has 3 rings (SSSR count). The Balaban J connectivity index is 1.87. The topological polar surface area (TPSA) is 45.5 Å². The maximum Gasteiger partial charge on any atom is 0.226 e. The van der Waals surface area contributed by atoms with E-state index in [9.17, 15) is 9.90 Å². The summed E-state index contributed by atoms with van der Waals surface area (Å²) in [7, 11) is 0. The van der Waals surface area contributed by atoms with E-state index >= 15 is 0 Å². The number of hydrogen-bond acceptors (Lipinski definition) is 3. The van der Waals surface area contributed by atoms with Crippen LogP contribution in [0.5, 0.6) is 5.75 Å². The molecule has 4 nitrogen and oxygen atoms in total. The zero-order chi connectivity index (χ0) is 15.0. The van der Waals surface area contributed by atoms with E-state index in [0.717, 1.165) is 35.9 Å². The molecule has 1 aromatic heterocycles. The second-order valence-corrected chi connectivity index (χ2v) is 5.82. The van der Waals surface area contributed by atoms with Crippen molar-refractivity contribution in [1.82, 2.24) is 9.47 Å². The van der Waals surface area contributed by atoms with Gasteiger partial charge in [-0.3, -0.25) is 9.69 Å². The molecule has 1 aliphatic rings. The van der Waals surface area contributed by atoms with Crippen molar-refractivity contribution in [1.29, 1.82) is 0 Å². The Bertz CT molecular complexity index is 740. The smallest absolute Gasteiger partial charge is 0.226 e. The largest absolute Gasteiger partial charge is 0.503 e. The van der Waals surface area contributed by atoms with Crippen LogP contribution < -0.4 is 5.43 Å². The predicted molar refractivity (Wildman–Crippen MR) is 82.7 cm³/mol. The average molecular weight is 305 g/mol. The molecule has 2 heterocycles. The van der Waals surface area contributed by atoms with Crippen molar-refractivity contribution in [3.63, 3.8) is 0 Å². The molecular weight excluding hydrogens is 288 g/mol. The summed E-state index contributed by atoms with van der Waals surface area (Å²) in [5.41, 5.74) is 2.40. The molecule has 0 saturated carbocycles. The molecule has 0 amide bonds. The molecule has 0 radical (unpaired) electrons. The van der Waals surface area contributed by atoms with Crippen LogP contribution in [0.25, 0.3) is 0 Å². The number of hydrogen-bond donors (Lipinski definition) is 1. The van der Waals surface area contributed by atoms with Gasteiger partial charge in [0.05, 0.1) is 6.20 Å². The average Bonchev–Trinajstić information content (AvgIpc) is 2.48. The number of aromatic hydroxyl groups is 1. The summed E-state index contributed by atoms with van der Waals surface area (Å²) < 4.78 is 1.97. The number of nitrogens with zero attached hydrogens (tertiary/aromatic N) is 2. The van der Waals surface area contributed by atoms with Crippen molar-refractivity contribution >= 4 is 11.6 Å². The molecule has 21 heavy (non-hydrogen) atoms.